The fraction of sp³-hybridized carbons (Fsp3) is 0.417. The molecule has 1 atom stereocenters. The zero-order chi connectivity index (χ0) is 12.3. The maximum Gasteiger partial charge on any atom is 0.225 e. The number of nitrogens with one attached hydrogen (secondary N) is 1. The molecule has 1 N–H and O–H groups in total. The quantitative estimate of drug-likeness (QED) is 0.923. The smallest absolute Gasteiger partial charge is 0.225 e. The van der Waals surface area contributed by atoms with Crippen LogP contribution < -0.4 is 5.32 Å². The van der Waals surface area contributed by atoms with Crippen LogP contribution in [0.1, 0.15) is 18.4 Å². The van der Waals surface area contributed by atoms with Gasteiger partial charge >= 0.3 is 0 Å². The second-order valence-corrected chi connectivity index (χ2v) is 6.14. The van der Waals surface area contributed by atoms with Crippen molar-refractivity contribution in [1.82, 2.24) is 5.32 Å². The van der Waals surface area contributed by atoms with Crippen molar-refractivity contribution in [3.05, 3.63) is 33.8 Å². The second-order valence-electron chi connectivity index (χ2n) is 3.98. The standard InChI is InChI=1S/C12H13Cl2NOS/c13-9-4-3-8(10(14)7-9)6-11(16)15-12-2-1-5-17-12/h3-4,7,12H,1-2,5-6H2,(H,15,16). The molecule has 0 bridgehead atoms. The average Bonchev–Trinajstić information content (AvgIpc) is 2.75. The Hall–Kier alpha value is -0.380. The van der Waals surface area contributed by atoms with Gasteiger partial charge in [0.15, 0.2) is 0 Å². The van der Waals surface area contributed by atoms with Crippen LogP contribution in [-0.2, 0) is 11.2 Å². The summed E-state index contributed by atoms with van der Waals surface area (Å²) in [5.74, 6) is 1.15. The molecule has 2 rings (SSSR count). The molecule has 1 aromatic carbocycles. The summed E-state index contributed by atoms with van der Waals surface area (Å²) in [6, 6.07) is 5.21. The monoisotopic (exact) mass is 289 g/mol. The van der Waals surface area contributed by atoms with Gasteiger partial charge in [0.05, 0.1) is 11.8 Å². The number of benzene rings is 1. The fourth-order valence-electron chi connectivity index (χ4n) is 1.76. The molecule has 1 heterocycles. The Kier molecular flexibility index (Phi) is 4.60. The number of carbonyl (C=O) groups excluding carboxylic acids is 1. The first kappa shape index (κ1) is 13.1. The normalized spacial score (nSPS) is 19.3. The van der Waals surface area contributed by atoms with Gasteiger partial charge in [-0.05, 0) is 36.3 Å². The molecule has 0 aliphatic carbocycles. The molecule has 0 aromatic heterocycles. The summed E-state index contributed by atoms with van der Waals surface area (Å²) in [4.78, 5) is 11.8. The topological polar surface area (TPSA) is 29.1 Å². The maximum absolute atomic E-state index is 11.8. The summed E-state index contributed by atoms with van der Waals surface area (Å²) in [6.07, 6.45) is 2.55. The van der Waals surface area contributed by atoms with E-state index < -0.39 is 0 Å². The lowest BCUT2D eigenvalue weighted by Gasteiger charge is -2.11. The van der Waals surface area contributed by atoms with E-state index in [4.69, 9.17) is 23.2 Å². The van der Waals surface area contributed by atoms with E-state index in [-0.39, 0.29) is 11.3 Å². The minimum Gasteiger partial charge on any atom is -0.344 e. The van der Waals surface area contributed by atoms with Crippen molar-refractivity contribution in [2.24, 2.45) is 0 Å². The highest BCUT2D eigenvalue weighted by atomic mass is 35.5. The Balaban J connectivity index is 1.93. The van der Waals surface area contributed by atoms with Crippen LogP contribution >= 0.6 is 35.0 Å². The van der Waals surface area contributed by atoms with Crippen molar-refractivity contribution in [2.75, 3.05) is 5.75 Å². The molecule has 92 valence electrons. The van der Waals surface area contributed by atoms with E-state index in [9.17, 15) is 4.79 Å². The summed E-state index contributed by atoms with van der Waals surface area (Å²) in [5, 5.41) is 4.41. The highest BCUT2D eigenvalue weighted by Gasteiger charge is 2.18. The minimum atomic E-state index is 0.0219. The van der Waals surface area contributed by atoms with Crippen LogP contribution in [0.25, 0.3) is 0 Å². The molecule has 1 aliphatic heterocycles. The van der Waals surface area contributed by atoms with Gasteiger partial charge < -0.3 is 5.32 Å². The summed E-state index contributed by atoms with van der Waals surface area (Å²) in [5.41, 5.74) is 0.816. The van der Waals surface area contributed by atoms with E-state index in [1.807, 2.05) is 0 Å². The summed E-state index contributed by atoms with van der Waals surface area (Å²) in [7, 11) is 0. The zero-order valence-corrected chi connectivity index (χ0v) is 11.5. The molecule has 17 heavy (non-hydrogen) atoms. The van der Waals surface area contributed by atoms with E-state index in [0.717, 1.165) is 17.7 Å². The minimum absolute atomic E-state index is 0.0219. The third-order valence-electron chi connectivity index (χ3n) is 2.62. The van der Waals surface area contributed by atoms with Gasteiger partial charge in [-0.15, -0.1) is 11.8 Å². The molecule has 1 amide bonds. The van der Waals surface area contributed by atoms with E-state index in [1.54, 1.807) is 30.0 Å². The third kappa shape index (κ3) is 3.80. The Bertz CT molecular complexity index is 419. The maximum atomic E-state index is 11.8. The number of halogens is 2. The number of hydrogen-bond acceptors (Lipinski definition) is 2. The first-order chi connectivity index (χ1) is 8.15. The number of hydrogen-bond donors (Lipinski definition) is 1. The van der Waals surface area contributed by atoms with E-state index in [2.05, 4.69) is 5.32 Å². The van der Waals surface area contributed by atoms with E-state index in [1.165, 1.54) is 6.42 Å². The molecular formula is C12H13Cl2NOS. The first-order valence-corrected chi connectivity index (χ1v) is 7.30. The summed E-state index contributed by atoms with van der Waals surface area (Å²) < 4.78 is 0. The molecule has 1 aromatic rings. The van der Waals surface area contributed by atoms with Crippen molar-refractivity contribution in [2.45, 2.75) is 24.6 Å². The largest absolute Gasteiger partial charge is 0.344 e. The fourth-order valence-corrected chi connectivity index (χ4v) is 3.40. The van der Waals surface area contributed by atoms with Gasteiger partial charge in [0.2, 0.25) is 5.91 Å². The summed E-state index contributed by atoms with van der Waals surface area (Å²) >= 11 is 13.6. The van der Waals surface area contributed by atoms with Crippen molar-refractivity contribution >= 4 is 40.9 Å². The van der Waals surface area contributed by atoms with Crippen LogP contribution in [0.5, 0.6) is 0 Å². The molecule has 1 saturated heterocycles. The van der Waals surface area contributed by atoms with Crippen molar-refractivity contribution in [3.63, 3.8) is 0 Å². The van der Waals surface area contributed by atoms with Gasteiger partial charge in [-0.3, -0.25) is 4.79 Å². The molecule has 1 fully saturated rings. The molecule has 0 spiro atoms. The van der Waals surface area contributed by atoms with Gasteiger partial charge in [-0.25, -0.2) is 0 Å². The van der Waals surface area contributed by atoms with Crippen LogP contribution in [0.15, 0.2) is 18.2 Å². The van der Waals surface area contributed by atoms with Crippen LogP contribution in [0.2, 0.25) is 10.0 Å². The van der Waals surface area contributed by atoms with Crippen molar-refractivity contribution in [1.29, 1.82) is 0 Å². The number of carbonyl (C=O) groups is 1. The molecule has 0 saturated carbocycles. The molecule has 5 heteroatoms. The molecule has 1 unspecified atom stereocenters. The predicted octanol–water partition coefficient (Wildman–Crippen LogP) is 3.51. The molecule has 0 radical (unpaired) electrons. The van der Waals surface area contributed by atoms with Gasteiger partial charge in [0.1, 0.15) is 0 Å². The molecular weight excluding hydrogens is 277 g/mol. The molecule has 1 aliphatic rings. The number of amides is 1. The lowest BCUT2D eigenvalue weighted by molar-refractivity contribution is -0.120. The van der Waals surface area contributed by atoms with Crippen LogP contribution in [0.4, 0.5) is 0 Å². The average molecular weight is 290 g/mol. The lowest BCUT2D eigenvalue weighted by Crippen LogP contribution is -2.31. The van der Waals surface area contributed by atoms with Gasteiger partial charge in [-0.1, -0.05) is 29.3 Å². The zero-order valence-electron chi connectivity index (χ0n) is 9.21. The predicted molar refractivity (Wildman–Crippen MR) is 73.8 cm³/mol. The molecule has 2 nitrogen and oxygen atoms in total. The van der Waals surface area contributed by atoms with Crippen molar-refractivity contribution < 1.29 is 4.79 Å². The third-order valence-corrected chi connectivity index (χ3v) is 4.49. The second kappa shape index (κ2) is 5.98. The summed E-state index contributed by atoms with van der Waals surface area (Å²) in [6.45, 7) is 0. The first-order valence-electron chi connectivity index (χ1n) is 5.50. The van der Waals surface area contributed by atoms with Crippen LogP contribution in [-0.4, -0.2) is 17.0 Å². The van der Waals surface area contributed by atoms with Gasteiger partial charge in [0, 0.05) is 10.0 Å². The van der Waals surface area contributed by atoms with Gasteiger partial charge in [0.25, 0.3) is 0 Å². The number of rotatable bonds is 3. The Morgan fingerprint density at radius 1 is 1.47 bits per heavy atom. The van der Waals surface area contributed by atoms with Crippen molar-refractivity contribution in [3.8, 4) is 0 Å². The van der Waals surface area contributed by atoms with E-state index in [0.29, 0.717) is 16.5 Å². The Morgan fingerprint density at radius 2 is 2.29 bits per heavy atom. The van der Waals surface area contributed by atoms with Crippen LogP contribution in [0.3, 0.4) is 0 Å². The van der Waals surface area contributed by atoms with Crippen LogP contribution in [0, 0.1) is 0 Å². The lowest BCUT2D eigenvalue weighted by atomic mass is 10.1. The highest BCUT2D eigenvalue weighted by Crippen LogP contribution is 2.24. The van der Waals surface area contributed by atoms with Gasteiger partial charge in [-0.2, -0.15) is 0 Å². The highest BCUT2D eigenvalue weighted by molar-refractivity contribution is 8.00. The SMILES string of the molecule is O=C(Cc1ccc(Cl)cc1Cl)NC1CCCS1. The Labute approximate surface area is 115 Å². The Morgan fingerprint density at radius 3 is 2.94 bits per heavy atom. The number of thioether (sulfide) groups is 1. The van der Waals surface area contributed by atoms with E-state index >= 15 is 0 Å².